The molecule has 0 radical (unpaired) electrons. The van der Waals surface area contributed by atoms with Crippen LogP contribution in [0, 0.1) is 0 Å². The van der Waals surface area contributed by atoms with Gasteiger partial charge in [0.15, 0.2) is 0 Å². The van der Waals surface area contributed by atoms with Crippen molar-refractivity contribution >= 4 is 10.1 Å². The third-order valence-electron chi connectivity index (χ3n) is 1.84. The molecule has 0 amide bonds. The van der Waals surface area contributed by atoms with Gasteiger partial charge in [-0.2, -0.15) is 8.42 Å². The molecule has 0 heterocycles. The first-order chi connectivity index (χ1) is 5.95. The summed E-state index contributed by atoms with van der Waals surface area (Å²) in [5.74, 6) is -0.135. The van der Waals surface area contributed by atoms with Crippen molar-refractivity contribution in [3.63, 3.8) is 0 Å². The van der Waals surface area contributed by atoms with Gasteiger partial charge < -0.3 is 4.90 Å². The van der Waals surface area contributed by atoms with Crippen LogP contribution in [0.5, 0.6) is 0 Å². The van der Waals surface area contributed by atoms with Gasteiger partial charge in [0.25, 0.3) is 10.1 Å². The second-order valence-corrected chi connectivity index (χ2v) is 4.87. The van der Waals surface area contributed by atoms with E-state index in [4.69, 9.17) is 4.55 Å². The Morgan fingerprint density at radius 3 is 2.23 bits per heavy atom. The summed E-state index contributed by atoms with van der Waals surface area (Å²) in [6, 6.07) is 0. The molecule has 0 atom stereocenters. The van der Waals surface area contributed by atoms with E-state index in [1.165, 1.54) is 0 Å². The molecule has 80 valence electrons. The van der Waals surface area contributed by atoms with Crippen LogP contribution in [0.15, 0.2) is 0 Å². The van der Waals surface area contributed by atoms with E-state index in [0.29, 0.717) is 6.42 Å². The molecule has 0 spiro atoms. The van der Waals surface area contributed by atoms with Crippen LogP contribution >= 0.6 is 0 Å². The van der Waals surface area contributed by atoms with E-state index in [0.717, 1.165) is 25.9 Å². The van der Waals surface area contributed by atoms with Gasteiger partial charge in [0.05, 0.1) is 5.75 Å². The monoisotopic (exact) mass is 209 g/mol. The van der Waals surface area contributed by atoms with Crippen molar-refractivity contribution in [3.8, 4) is 0 Å². The van der Waals surface area contributed by atoms with Crippen molar-refractivity contribution in [2.24, 2.45) is 0 Å². The fourth-order valence-corrected chi connectivity index (χ4v) is 1.55. The van der Waals surface area contributed by atoms with Gasteiger partial charge >= 0.3 is 0 Å². The van der Waals surface area contributed by atoms with Gasteiger partial charge in [-0.25, -0.2) is 0 Å². The molecular weight excluding hydrogens is 190 g/mol. The molecule has 0 aliphatic rings. The van der Waals surface area contributed by atoms with E-state index < -0.39 is 10.1 Å². The molecule has 0 aliphatic heterocycles. The van der Waals surface area contributed by atoms with E-state index in [-0.39, 0.29) is 5.75 Å². The Kier molecular flexibility index (Phi) is 6.28. The van der Waals surface area contributed by atoms with Crippen LogP contribution in [0.2, 0.25) is 0 Å². The molecule has 5 heteroatoms. The van der Waals surface area contributed by atoms with E-state index in [2.05, 4.69) is 11.8 Å². The van der Waals surface area contributed by atoms with Crippen molar-refractivity contribution in [2.45, 2.75) is 26.2 Å². The van der Waals surface area contributed by atoms with Crippen molar-refractivity contribution < 1.29 is 13.0 Å². The first-order valence-corrected chi connectivity index (χ1v) is 6.20. The maximum Gasteiger partial charge on any atom is 0.264 e. The predicted molar refractivity (Wildman–Crippen MR) is 53.4 cm³/mol. The normalized spacial score (nSPS) is 12.3. The lowest BCUT2D eigenvalue weighted by molar-refractivity contribution is 0.327. The molecule has 0 aromatic rings. The number of hydrogen-bond donors (Lipinski definition) is 1. The molecule has 0 aliphatic carbocycles. The Morgan fingerprint density at radius 2 is 1.77 bits per heavy atom. The molecule has 0 unspecified atom stereocenters. The van der Waals surface area contributed by atoms with Crippen molar-refractivity contribution in [2.75, 3.05) is 25.9 Å². The molecule has 0 saturated carbocycles. The van der Waals surface area contributed by atoms with Crippen LogP contribution in [0.3, 0.4) is 0 Å². The fourth-order valence-electron chi connectivity index (χ4n) is 1.06. The standard InChI is InChI=1S/C8H19NO3S/c1-3-4-6-9(2)7-5-8-13(10,11)12/h3-8H2,1-2H3,(H,10,11,12). The Hall–Kier alpha value is -0.130. The highest BCUT2D eigenvalue weighted by Crippen LogP contribution is 1.95. The molecular formula is C8H19NO3S. The zero-order chi connectivity index (χ0) is 10.3. The van der Waals surface area contributed by atoms with Gasteiger partial charge in [-0.05, 0) is 33.0 Å². The van der Waals surface area contributed by atoms with E-state index >= 15 is 0 Å². The second-order valence-electron chi connectivity index (χ2n) is 3.30. The number of rotatable bonds is 7. The van der Waals surface area contributed by atoms with E-state index in [9.17, 15) is 8.42 Å². The number of unbranched alkanes of at least 4 members (excludes halogenated alkanes) is 1. The Balaban J connectivity index is 3.42. The minimum atomic E-state index is -3.77. The highest BCUT2D eigenvalue weighted by molar-refractivity contribution is 7.85. The molecule has 4 nitrogen and oxygen atoms in total. The zero-order valence-electron chi connectivity index (χ0n) is 8.36. The largest absolute Gasteiger partial charge is 0.306 e. The maximum atomic E-state index is 10.4. The second kappa shape index (κ2) is 6.34. The van der Waals surface area contributed by atoms with Gasteiger partial charge in [-0.3, -0.25) is 4.55 Å². The van der Waals surface area contributed by atoms with Crippen molar-refractivity contribution in [1.82, 2.24) is 4.90 Å². The summed E-state index contributed by atoms with van der Waals surface area (Å²) < 4.78 is 29.2. The molecule has 0 rings (SSSR count). The lowest BCUT2D eigenvalue weighted by Crippen LogP contribution is -2.22. The molecule has 0 aromatic carbocycles. The number of nitrogens with zero attached hydrogens (tertiary/aromatic N) is 1. The van der Waals surface area contributed by atoms with Crippen LogP contribution in [-0.2, 0) is 10.1 Å². The Bertz CT molecular complexity index is 213. The lowest BCUT2D eigenvalue weighted by Gasteiger charge is -2.14. The Morgan fingerprint density at radius 1 is 1.23 bits per heavy atom. The van der Waals surface area contributed by atoms with Crippen LogP contribution < -0.4 is 0 Å². The minimum absolute atomic E-state index is 0.135. The van der Waals surface area contributed by atoms with Gasteiger partial charge in [0.1, 0.15) is 0 Å². The first-order valence-electron chi connectivity index (χ1n) is 4.59. The van der Waals surface area contributed by atoms with Crippen molar-refractivity contribution in [3.05, 3.63) is 0 Å². The molecule has 0 aromatic heterocycles. The topological polar surface area (TPSA) is 57.6 Å². The highest BCUT2D eigenvalue weighted by Gasteiger charge is 2.04. The third kappa shape index (κ3) is 9.79. The summed E-state index contributed by atoms with van der Waals surface area (Å²) in [7, 11) is -1.81. The molecule has 13 heavy (non-hydrogen) atoms. The van der Waals surface area contributed by atoms with Crippen LogP contribution in [0.4, 0.5) is 0 Å². The summed E-state index contributed by atoms with van der Waals surface area (Å²) in [4.78, 5) is 2.08. The summed E-state index contributed by atoms with van der Waals surface area (Å²) in [5.41, 5.74) is 0. The molecule has 0 fully saturated rings. The molecule has 0 bridgehead atoms. The van der Waals surface area contributed by atoms with E-state index in [1.54, 1.807) is 0 Å². The van der Waals surface area contributed by atoms with E-state index in [1.807, 2.05) is 7.05 Å². The summed E-state index contributed by atoms with van der Waals surface area (Å²) >= 11 is 0. The third-order valence-corrected chi connectivity index (χ3v) is 2.64. The van der Waals surface area contributed by atoms with Gasteiger partial charge in [-0.15, -0.1) is 0 Å². The smallest absolute Gasteiger partial charge is 0.264 e. The Labute approximate surface area is 80.7 Å². The first kappa shape index (κ1) is 12.9. The lowest BCUT2D eigenvalue weighted by atomic mass is 10.3. The SMILES string of the molecule is CCCCN(C)CCCS(=O)(=O)O. The van der Waals surface area contributed by atoms with Crippen molar-refractivity contribution in [1.29, 1.82) is 0 Å². The fraction of sp³-hybridized carbons (Fsp3) is 1.00. The molecule has 1 N–H and O–H groups in total. The van der Waals surface area contributed by atoms with Crippen LogP contribution in [-0.4, -0.2) is 43.8 Å². The average Bonchev–Trinajstić information content (AvgIpc) is 1.98. The minimum Gasteiger partial charge on any atom is -0.306 e. The quantitative estimate of drug-likeness (QED) is 0.635. The maximum absolute atomic E-state index is 10.4. The van der Waals surface area contributed by atoms with Gasteiger partial charge in [0, 0.05) is 0 Å². The van der Waals surface area contributed by atoms with Gasteiger partial charge in [0.2, 0.25) is 0 Å². The summed E-state index contributed by atoms with van der Waals surface area (Å²) in [6.45, 7) is 3.83. The number of hydrogen-bond acceptors (Lipinski definition) is 3. The average molecular weight is 209 g/mol. The van der Waals surface area contributed by atoms with Crippen LogP contribution in [0.25, 0.3) is 0 Å². The van der Waals surface area contributed by atoms with Crippen LogP contribution in [0.1, 0.15) is 26.2 Å². The predicted octanol–water partition coefficient (Wildman–Crippen LogP) is 0.996. The summed E-state index contributed by atoms with van der Waals surface area (Å²) in [5, 5.41) is 0. The van der Waals surface area contributed by atoms with Gasteiger partial charge in [-0.1, -0.05) is 13.3 Å². The summed E-state index contributed by atoms with van der Waals surface area (Å²) in [6.07, 6.45) is 2.77. The zero-order valence-corrected chi connectivity index (χ0v) is 9.18. The highest BCUT2D eigenvalue weighted by atomic mass is 32.2. The molecule has 0 saturated heterocycles.